The van der Waals surface area contributed by atoms with Gasteiger partial charge in [-0.3, -0.25) is 4.90 Å². The molecular weight excluding hydrogens is 414 g/mol. The zero-order chi connectivity index (χ0) is 21.8. The lowest BCUT2D eigenvalue weighted by molar-refractivity contribution is 0.0526. The number of hydrogen-bond donors (Lipinski definition) is 0. The maximum absolute atomic E-state index is 11.8. The molecule has 0 saturated carbocycles. The fourth-order valence-corrected chi connectivity index (χ4v) is 3.71. The number of hydrogen-bond acceptors (Lipinski definition) is 8. The van der Waals surface area contributed by atoms with Gasteiger partial charge in [-0.1, -0.05) is 18.2 Å². The molecular formula is C22H25N5O3S. The van der Waals surface area contributed by atoms with Crippen molar-refractivity contribution < 1.29 is 13.9 Å². The predicted molar refractivity (Wildman–Crippen MR) is 119 cm³/mol. The number of esters is 1. The van der Waals surface area contributed by atoms with Crippen LogP contribution >= 0.6 is 12.2 Å². The highest BCUT2D eigenvalue weighted by Gasteiger charge is 2.20. The first kappa shape index (κ1) is 21.2. The lowest BCUT2D eigenvalue weighted by Gasteiger charge is -2.35. The van der Waals surface area contributed by atoms with Crippen molar-refractivity contribution in [1.82, 2.24) is 19.7 Å². The van der Waals surface area contributed by atoms with Gasteiger partial charge in [0.25, 0.3) is 4.84 Å². The van der Waals surface area contributed by atoms with E-state index < -0.39 is 0 Å². The number of piperazine rings is 1. The lowest BCUT2D eigenvalue weighted by Crippen LogP contribution is -2.47. The molecule has 2 aromatic heterocycles. The number of pyridine rings is 1. The third-order valence-electron chi connectivity index (χ3n) is 5.27. The van der Waals surface area contributed by atoms with Crippen molar-refractivity contribution in [3.05, 3.63) is 58.6 Å². The van der Waals surface area contributed by atoms with E-state index in [0.717, 1.165) is 43.1 Å². The molecule has 0 spiro atoms. The minimum Gasteiger partial charge on any atom is -0.462 e. The van der Waals surface area contributed by atoms with E-state index in [-0.39, 0.29) is 5.97 Å². The molecule has 0 amide bonds. The summed E-state index contributed by atoms with van der Waals surface area (Å²) >= 11 is 5.39. The summed E-state index contributed by atoms with van der Waals surface area (Å²) in [7, 11) is 0. The van der Waals surface area contributed by atoms with E-state index in [1.165, 1.54) is 0 Å². The highest BCUT2D eigenvalue weighted by Crippen LogP contribution is 2.22. The normalized spacial score (nSPS) is 14.6. The number of ether oxygens (including phenoxy) is 1. The fourth-order valence-electron chi connectivity index (χ4n) is 3.53. The Morgan fingerprint density at radius 1 is 1.16 bits per heavy atom. The number of carbonyl (C=O) groups is 1. The average molecular weight is 440 g/mol. The first-order valence-corrected chi connectivity index (χ1v) is 10.7. The third kappa shape index (κ3) is 4.83. The van der Waals surface area contributed by atoms with Crippen LogP contribution in [-0.2, 0) is 11.4 Å². The number of benzene rings is 1. The van der Waals surface area contributed by atoms with E-state index in [1.807, 2.05) is 37.3 Å². The number of carbonyl (C=O) groups excluding carboxylic acids is 1. The van der Waals surface area contributed by atoms with Crippen LogP contribution in [0.5, 0.6) is 0 Å². The summed E-state index contributed by atoms with van der Waals surface area (Å²) in [6.45, 7) is 8.07. The van der Waals surface area contributed by atoms with Gasteiger partial charge in [-0.25, -0.2) is 14.5 Å². The van der Waals surface area contributed by atoms with Crippen LogP contribution in [0.1, 0.15) is 22.8 Å². The van der Waals surface area contributed by atoms with Gasteiger partial charge < -0.3 is 14.1 Å². The molecule has 1 fully saturated rings. The molecule has 4 rings (SSSR count). The molecule has 0 bridgehead atoms. The van der Waals surface area contributed by atoms with Crippen molar-refractivity contribution in [2.75, 3.05) is 37.7 Å². The Morgan fingerprint density at radius 2 is 1.94 bits per heavy atom. The van der Waals surface area contributed by atoms with Crippen molar-refractivity contribution in [2.45, 2.75) is 20.5 Å². The Labute approximate surface area is 186 Å². The molecule has 0 atom stereocenters. The van der Waals surface area contributed by atoms with Gasteiger partial charge in [-0.2, -0.15) is 0 Å². The first-order chi connectivity index (χ1) is 15.0. The summed E-state index contributed by atoms with van der Waals surface area (Å²) < 4.78 is 12.5. The number of rotatable bonds is 6. The average Bonchev–Trinajstić information content (AvgIpc) is 3.15. The van der Waals surface area contributed by atoms with Crippen LogP contribution in [-0.4, -0.2) is 58.4 Å². The maximum Gasteiger partial charge on any atom is 0.339 e. The van der Waals surface area contributed by atoms with Gasteiger partial charge >= 0.3 is 5.97 Å². The minimum atomic E-state index is -0.346. The van der Waals surface area contributed by atoms with E-state index in [4.69, 9.17) is 21.4 Å². The van der Waals surface area contributed by atoms with E-state index in [0.29, 0.717) is 29.6 Å². The van der Waals surface area contributed by atoms with Crippen molar-refractivity contribution in [3.8, 4) is 11.5 Å². The summed E-state index contributed by atoms with van der Waals surface area (Å²) in [5.74, 6) is 1.06. The van der Waals surface area contributed by atoms with Crippen molar-refractivity contribution in [2.24, 2.45) is 0 Å². The molecule has 9 heteroatoms. The van der Waals surface area contributed by atoms with Gasteiger partial charge in [-0.05, 0) is 49.8 Å². The SMILES string of the molecule is CCOC(=O)c1ccc(N2CCN(Cn3nc(-c4ccccc4C)oc3=S)CC2)nc1. The molecule has 0 aliphatic carbocycles. The van der Waals surface area contributed by atoms with Crippen LogP contribution in [0.3, 0.4) is 0 Å². The van der Waals surface area contributed by atoms with Gasteiger partial charge in [0.2, 0.25) is 5.89 Å². The molecule has 1 aromatic carbocycles. The third-order valence-corrected chi connectivity index (χ3v) is 5.57. The van der Waals surface area contributed by atoms with Gasteiger partial charge in [0.1, 0.15) is 5.82 Å². The smallest absolute Gasteiger partial charge is 0.339 e. The zero-order valence-corrected chi connectivity index (χ0v) is 18.5. The molecule has 162 valence electrons. The second-order valence-electron chi connectivity index (χ2n) is 7.36. The van der Waals surface area contributed by atoms with E-state index in [9.17, 15) is 4.79 Å². The molecule has 0 N–H and O–H groups in total. The molecule has 3 heterocycles. The monoisotopic (exact) mass is 439 g/mol. The second-order valence-corrected chi connectivity index (χ2v) is 7.71. The second kappa shape index (κ2) is 9.40. The summed E-state index contributed by atoms with van der Waals surface area (Å²) in [4.78, 5) is 21.1. The van der Waals surface area contributed by atoms with Crippen molar-refractivity contribution in [1.29, 1.82) is 0 Å². The van der Waals surface area contributed by atoms with Crippen LogP contribution in [0, 0.1) is 11.8 Å². The van der Waals surface area contributed by atoms with Gasteiger partial charge in [0, 0.05) is 37.9 Å². The van der Waals surface area contributed by atoms with Crippen LogP contribution in [0.25, 0.3) is 11.5 Å². The summed E-state index contributed by atoms with van der Waals surface area (Å²) in [5.41, 5.74) is 2.52. The molecule has 8 nitrogen and oxygen atoms in total. The molecule has 1 aliphatic rings. The number of aromatic nitrogens is 3. The standard InChI is InChI=1S/C22H25N5O3S/c1-3-29-21(28)17-8-9-19(23-14-17)26-12-10-25(11-13-26)15-27-22(31)30-20(24-27)18-7-5-4-6-16(18)2/h4-9,14H,3,10-13,15H2,1-2H3. The van der Waals surface area contributed by atoms with Crippen LogP contribution < -0.4 is 4.90 Å². The molecule has 1 aliphatic heterocycles. The molecule has 3 aromatic rings. The quantitative estimate of drug-likeness (QED) is 0.426. The Bertz CT molecular complexity index is 1100. The predicted octanol–water partition coefficient (Wildman–Crippen LogP) is 3.53. The number of anilines is 1. The van der Waals surface area contributed by atoms with Crippen LogP contribution in [0.2, 0.25) is 0 Å². The summed E-state index contributed by atoms with van der Waals surface area (Å²) in [5, 5.41) is 4.59. The maximum atomic E-state index is 11.8. The van der Waals surface area contributed by atoms with Gasteiger partial charge in [0.15, 0.2) is 0 Å². The first-order valence-electron chi connectivity index (χ1n) is 10.3. The van der Waals surface area contributed by atoms with Crippen molar-refractivity contribution >= 4 is 24.0 Å². The topological polar surface area (TPSA) is 76.6 Å². The Kier molecular flexibility index (Phi) is 6.43. The number of aryl methyl sites for hydroxylation is 1. The highest BCUT2D eigenvalue weighted by molar-refractivity contribution is 7.71. The lowest BCUT2D eigenvalue weighted by atomic mass is 10.1. The van der Waals surface area contributed by atoms with Gasteiger partial charge in [0.05, 0.1) is 18.8 Å². The summed E-state index contributed by atoms with van der Waals surface area (Å²) in [6.07, 6.45) is 1.57. The summed E-state index contributed by atoms with van der Waals surface area (Å²) in [6, 6.07) is 11.6. The Balaban J connectivity index is 1.36. The highest BCUT2D eigenvalue weighted by atomic mass is 32.1. The van der Waals surface area contributed by atoms with Gasteiger partial charge in [-0.15, -0.1) is 5.10 Å². The minimum absolute atomic E-state index is 0.346. The van der Waals surface area contributed by atoms with E-state index in [1.54, 1.807) is 23.9 Å². The molecule has 1 saturated heterocycles. The van der Waals surface area contributed by atoms with Crippen LogP contribution in [0.4, 0.5) is 5.82 Å². The number of nitrogens with zero attached hydrogens (tertiary/aromatic N) is 5. The van der Waals surface area contributed by atoms with Crippen molar-refractivity contribution in [3.63, 3.8) is 0 Å². The molecule has 31 heavy (non-hydrogen) atoms. The Morgan fingerprint density at radius 3 is 2.61 bits per heavy atom. The Hall–Kier alpha value is -3.04. The van der Waals surface area contributed by atoms with E-state index in [2.05, 4.69) is 19.9 Å². The van der Waals surface area contributed by atoms with E-state index >= 15 is 0 Å². The largest absolute Gasteiger partial charge is 0.462 e. The zero-order valence-electron chi connectivity index (χ0n) is 17.7. The fraction of sp³-hybridized carbons (Fsp3) is 0.364. The molecule has 0 radical (unpaired) electrons. The molecule has 0 unspecified atom stereocenters. The van der Waals surface area contributed by atoms with Crippen LogP contribution in [0.15, 0.2) is 47.0 Å².